The molecule has 0 aliphatic carbocycles. The molecule has 8 heteroatoms. The summed E-state index contributed by atoms with van der Waals surface area (Å²) >= 11 is 0. The Hall–Kier alpha value is -1.90. The zero-order valence-corrected chi connectivity index (χ0v) is 15.7. The second-order valence-corrected chi connectivity index (χ2v) is 7.04. The Morgan fingerprint density at radius 1 is 1.33 bits per heavy atom. The fourth-order valence-corrected chi connectivity index (χ4v) is 3.56. The number of aliphatic imine (C=N–C) groups is 1. The van der Waals surface area contributed by atoms with E-state index in [0.29, 0.717) is 45.1 Å². The molecule has 2 heterocycles. The Labute approximate surface area is 158 Å². The molecule has 3 rings (SSSR count). The van der Waals surface area contributed by atoms with Crippen LogP contribution >= 0.6 is 0 Å². The number of rotatable bonds is 7. The first-order chi connectivity index (χ1) is 13.2. The molecule has 0 spiro atoms. The second kappa shape index (κ2) is 9.34. The van der Waals surface area contributed by atoms with Gasteiger partial charge in [0.15, 0.2) is 12.8 Å². The molecule has 1 aromatic carbocycles. The maximum Gasteiger partial charge on any atom is 0.191 e. The highest BCUT2D eigenvalue weighted by Gasteiger charge is 2.34. The van der Waals surface area contributed by atoms with Gasteiger partial charge in [0, 0.05) is 44.3 Å². The normalized spacial score (nSPS) is 22.3. The molecule has 0 amide bonds. The number of benzene rings is 1. The lowest BCUT2D eigenvalue weighted by atomic mass is 9.84. The largest absolute Gasteiger partial charge is 0.467 e. The SMILES string of the molecule is CN=C(NCCc1cc(F)cc2c1OCOC2)NCC1(CCO)CCOC1. The molecular formula is C19H28FN3O4. The van der Waals surface area contributed by atoms with Gasteiger partial charge >= 0.3 is 0 Å². The Kier molecular flexibility index (Phi) is 6.87. The minimum Gasteiger partial charge on any atom is -0.467 e. The van der Waals surface area contributed by atoms with Crippen molar-refractivity contribution in [1.29, 1.82) is 0 Å². The van der Waals surface area contributed by atoms with Gasteiger partial charge in [-0.05, 0) is 37.0 Å². The van der Waals surface area contributed by atoms with E-state index in [1.807, 2.05) is 0 Å². The quantitative estimate of drug-likeness (QED) is 0.486. The first-order valence-electron chi connectivity index (χ1n) is 9.31. The molecule has 1 saturated heterocycles. The van der Waals surface area contributed by atoms with E-state index in [2.05, 4.69) is 15.6 Å². The Bertz CT molecular complexity index is 663. The lowest BCUT2D eigenvalue weighted by molar-refractivity contribution is -0.0172. The molecule has 0 radical (unpaired) electrons. The molecule has 2 aliphatic heterocycles. The van der Waals surface area contributed by atoms with Crippen molar-refractivity contribution >= 4 is 5.96 Å². The standard InChI is InChI=1S/C19H28FN3O4/c1-21-18(23-11-19(3-6-24)4-7-25-12-19)22-5-2-14-8-16(20)9-15-10-26-13-27-17(14)15/h8-9,24H,2-7,10-13H2,1H3,(H2,21,22,23). The molecular weight excluding hydrogens is 353 g/mol. The van der Waals surface area contributed by atoms with E-state index in [1.165, 1.54) is 12.1 Å². The van der Waals surface area contributed by atoms with Gasteiger partial charge in [0.05, 0.1) is 13.2 Å². The summed E-state index contributed by atoms with van der Waals surface area (Å²) in [5, 5.41) is 15.9. The molecule has 150 valence electrons. The van der Waals surface area contributed by atoms with Gasteiger partial charge in [-0.15, -0.1) is 0 Å². The predicted molar refractivity (Wildman–Crippen MR) is 99.3 cm³/mol. The van der Waals surface area contributed by atoms with Crippen molar-refractivity contribution in [2.75, 3.05) is 46.8 Å². The molecule has 1 atom stereocenters. The van der Waals surface area contributed by atoms with Crippen LogP contribution in [0.1, 0.15) is 24.0 Å². The zero-order valence-electron chi connectivity index (χ0n) is 15.7. The van der Waals surface area contributed by atoms with Gasteiger partial charge < -0.3 is 30.0 Å². The third-order valence-corrected chi connectivity index (χ3v) is 5.12. The fourth-order valence-electron chi connectivity index (χ4n) is 3.56. The van der Waals surface area contributed by atoms with Crippen LogP contribution < -0.4 is 15.4 Å². The van der Waals surface area contributed by atoms with E-state index < -0.39 is 0 Å². The summed E-state index contributed by atoms with van der Waals surface area (Å²) < 4.78 is 30.1. The average Bonchev–Trinajstić information content (AvgIpc) is 3.13. The van der Waals surface area contributed by atoms with Crippen LogP contribution in [0.25, 0.3) is 0 Å². The zero-order chi connectivity index (χ0) is 19.1. The number of aliphatic hydroxyl groups excluding tert-OH is 1. The smallest absolute Gasteiger partial charge is 0.191 e. The Balaban J connectivity index is 1.52. The maximum absolute atomic E-state index is 13.8. The number of hydrogen-bond acceptors (Lipinski definition) is 5. The lowest BCUT2D eigenvalue weighted by Gasteiger charge is -2.27. The number of nitrogens with one attached hydrogen (secondary N) is 2. The molecule has 7 nitrogen and oxygen atoms in total. The van der Waals surface area contributed by atoms with Crippen molar-refractivity contribution in [3.8, 4) is 5.75 Å². The monoisotopic (exact) mass is 381 g/mol. The van der Waals surface area contributed by atoms with Gasteiger partial charge in [-0.25, -0.2) is 4.39 Å². The van der Waals surface area contributed by atoms with Crippen LogP contribution in [-0.2, 0) is 22.5 Å². The first-order valence-corrected chi connectivity index (χ1v) is 9.31. The summed E-state index contributed by atoms with van der Waals surface area (Å²) in [6, 6.07) is 2.96. The van der Waals surface area contributed by atoms with Crippen LogP contribution in [0.5, 0.6) is 5.75 Å². The number of nitrogens with zero attached hydrogens (tertiary/aromatic N) is 1. The van der Waals surface area contributed by atoms with Crippen molar-refractivity contribution in [3.63, 3.8) is 0 Å². The van der Waals surface area contributed by atoms with Gasteiger partial charge in [-0.3, -0.25) is 4.99 Å². The van der Waals surface area contributed by atoms with Gasteiger partial charge in [0.2, 0.25) is 0 Å². The highest BCUT2D eigenvalue weighted by Crippen LogP contribution is 2.31. The van der Waals surface area contributed by atoms with Crippen molar-refractivity contribution in [2.45, 2.75) is 25.9 Å². The first kappa shape index (κ1) is 19.9. The van der Waals surface area contributed by atoms with E-state index in [1.54, 1.807) is 7.05 Å². The number of fused-ring (bicyclic) bond motifs is 1. The number of guanidine groups is 1. The van der Waals surface area contributed by atoms with Crippen molar-refractivity contribution in [1.82, 2.24) is 10.6 Å². The summed E-state index contributed by atoms with van der Waals surface area (Å²) in [4.78, 5) is 4.24. The molecule has 0 aromatic heterocycles. The van der Waals surface area contributed by atoms with Crippen LogP contribution in [0.4, 0.5) is 4.39 Å². The third-order valence-electron chi connectivity index (χ3n) is 5.12. The van der Waals surface area contributed by atoms with Crippen molar-refractivity contribution < 1.29 is 23.7 Å². The highest BCUT2D eigenvalue weighted by molar-refractivity contribution is 5.79. The minimum absolute atomic E-state index is 0.0537. The Morgan fingerprint density at radius 3 is 2.96 bits per heavy atom. The molecule has 0 bridgehead atoms. The fraction of sp³-hybridized carbons (Fsp3) is 0.632. The predicted octanol–water partition coefficient (Wildman–Crippen LogP) is 1.19. The molecule has 1 unspecified atom stereocenters. The summed E-state index contributed by atoms with van der Waals surface area (Å²) in [6.07, 6.45) is 2.23. The summed E-state index contributed by atoms with van der Waals surface area (Å²) in [5.41, 5.74) is 1.50. The average molecular weight is 381 g/mol. The number of ether oxygens (including phenoxy) is 3. The molecule has 3 N–H and O–H groups in total. The van der Waals surface area contributed by atoms with Gasteiger partial charge in [0.1, 0.15) is 11.6 Å². The topological polar surface area (TPSA) is 84.3 Å². The van der Waals surface area contributed by atoms with Crippen LogP contribution in [0.2, 0.25) is 0 Å². The van der Waals surface area contributed by atoms with Gasteiger partial charge in [0.25, 0.3) is 0 Å². The van der Waals surface area contributed by atoms with E-state index in [9.17, 15) is 9.50 Å². The highest BCUT2D eigenvalue weighted by atomic mass is 19.1. The number of halogens is 1. The summed E-state index contributed by atoms with van der Waals surface area (Å²) in [5.74, 6) is 1.11. The second-order valence-electron chi connectivity index (χ2n) is 7.04. The minimum atomic E-state index is -0.285. The maximum atomic E-state index is 13.8. The number of hydrogen-bond donors (Lipinski definition) is 3. The lowest BCUT2D eigenvalue weighted by Crippen LogP contribution is -2.45. The molecule has 0 saturated carbocycles. The van der Waals surface area contributed by atoms with E-state index >= 15 is 0 Å². The van der Waals surface area contributed by atoms with Crippen molar-refractivity contribution in [3.05, 3.63) is 29.1 Å². The molecule has 1 fully saturated rings. The number of aliphatic hydroxyl groups is 1. The molecule has 27 heavy (non-hydrogen) atoms. The van der Waals surface area contributed by atoms with Crippen molar-refractivity contribution in [2.24, 2.45) is 10.4 Å². The van der Waals surface area contributed by atoms with Crippen LogP contribution in [0.3, 0.4) is 0 Å². The molecule has 1 aromatic rings. The van der Waals surface area contributed by atoms with Gasteiger partial charge in [-0.2, -0.15) is 0 Å². The summed E-state index contributed by atoms with van der Waals surface area (Å²) in [7, 11) is 1.71. The van der Waals surface area contributed by atoms with Crippen LogP contribution in [0.15, 0.2) is 17.1 Å². The third kappa shape index (κ3) is 5.09. The van der Waals surface area contributed by atoms with Crippen LogP contribution in [0, 0.1) is 11.2 Å². The summed E-state index contributed by atoms with van der Waals surface area (Å²) in [6.45, 7) is 3.34. The van der Waals surface area contributed by atoms with Crippen LogP contribution in [-0.4, -0.2) is 57.8 Å². The van der Waals surface area contributed by atoms with E-state index in [0.717, 1.165) is 29.9 Å². The van der Waals surface area contributed by atoms with Gasteiger partial charge in [-0.1, -0.05) is 0 Å². The van der Waals surface area contributed by atoms with E-state index in [-0.39, 0.29) is 24.6 Å². The van der Waals surface area contributed by atoms with E-state index in [4.69, 9.17) is 14.2 Å². The Morgan fingerprint density at radius 2 is 2.22 bits per heavy atom. The molecule has 2 aliphatic rings.